The molecule has 0 bridgehead atoms. The first-order valence-electron chi connectivity index (χ1n) is 2.56. The van der Waals surface area contributed by atoms with Crippen molar-refractivity contribution in [3.8, 4) is 0 Å². The molecule has 1 rings (SSSR count). The van der Waals surface area contributed by atoms with E-state index in [1.165, 1.54) is 0 Å². The molecular weight excluding hydrogens is 193 g/mol. The third-order valence-corrected chi connectivity index (χ3v) is 1.03. The molecule has 7 heteroatoms. The van der Waals surface area contributed by atoms with Gasteiger partial charge in [-0.05, 0) is 0 Å². The number of carboxylic acids is 1. The molecule has 0 unspecified atom stereocenters. The van der Waals surface area contributed by atoms with E-state index in [4.69, 9.17) is 0 Å². The van der Waals surface area contributed by atoms with Gasteiger partial charge < -0.3 is 14.3 Å². The van der Waals surface area contributed by atoms with E-state index in [1.54, 1.807) is 0 Å². The van der Waals surface area contributed by atoms with Crippen LogP contribution in [0.1, 0.15) is 10.6 Å². The quantitative estimate of drug-likeness (QED) is 0.278. The first kappa shape index (κ1) is 11.8. The van der Waals surface area contributed by atoms with E-state index in [2.05, 4.69) is 4.42 Å². The van der Waals surface area contributed by atoms with Gasteiger partial charge in [-0.15, -0.1) is 0 Å². The van der Waals surface area contributed by atoms with E-state index in [1.807, 2.05) is 0 Å². The number of hydrogen-bond donors (Lipinski definition) is 0. The molecule has 0 aliphatic rings. The van der Waals surface area contributed by atoms with E-state index in [0.717, 1.165) is 12.3 Å². The first-order chi connectivity index (χ1) is 5.13. The number of carbonyl (C=O) groups excluding carboxylic acids is 1. The van der Waals surface area contributed by atoms with Crippen LogP contribution in [0.3, 0.4) is 0 Å². The molecule has 0 saturated carbocycles. The summed E-state index contributed by atoms with van der Waals surface area (Å²) in [5, 5.41) is 20.1. The summed E-state index contributed by atoms with van der Waals surface area (Å²) in [5.41, 5.74) is -0.593. The SMILES string of the molecule is O=C([O-])c1occc1[N+](=O)[O-].[K+]. The Hall–Kier alpha value is -0.214. The molecule has 0 spiro atoms. The molecule has 0 aliphatic carbocycles. The summed E-state index contributed by atoms with van der Waals surface area (Å²) >= 11 is 0. The summed E-state index contributed by atoms with van der Waals surface area (Å²) in [6.07, 6.45) is 0.920. The minimum atomic E-state index is -1.69. The number of aromatic carboxylic acids is 1. The molecule has 0 aromatic carbocycles. The molecule has 1 aromatic rings. The van der Waals surface area contributed by atoms with Crippen molar-refractivity contribution in [2.24, 2.45) is 0 Å². The van der Waals surface area contributed by atoms with Crippen LogP contribution in [0.2, 0.25) is 0 Å². The van der Waals surface area contributed by atoms with Gasteiger partial charge in [0.05, 0.1) is 17.3 Å². The number of nitro groups is 1. The number of carboxylic acid groups (broad SMARTS) is 1. The van der Waals surface area contributed by atoms with Crippen LogP contribution in [0.15, 0.2) is 16.7 Å². The van der Waals surface area contributed by atoms with Crippen LogP contribution < -0.4 is 56.5 Å². The number of hydrogen-bond acceptors (Lipinski definition) is 5. The second kappa shape index (κ2) is 4.72. The third-order valence-electron chi connectivity index (χ3n) is 1.03. The zero-order valence-corrected chi connectivity index (χ0v) is 9.27. The van der Waals surface area contributed by atoms with Crippen LogP contribution in [0.25, 0.3) is 0 Å². The van der Waals surface area contributed by atoms with Crippen LogP contribution in [0.5, 0.6) is 0 Å². The van der Waals surface area contributed by atoms with Crippen LogP contribution >= 0.6 is 0 Å². The molecular formula is C5H2KNO5. The van der Waals surface area contributed by atoms with E-state index in [-0.39, 0.29) is 51.4 Å². The average Bonchev–Trinajstić information content (AvgIpc) is 2.32. The van der Waals surface area contributed by atoms with Gasteiger partial charge in [0, 0.05) is 0 Å². The van der Waals surface area contributed by atoms with Crippen LogP contribution in [0, 0.1) is 10.1 Å². The Morgan fingerprint density at radius 2 is 2.17 bits per heavy atom. The van der Waals surface area contributed by atoms with Gasteiger partial charge in [0.15, 0.2) is 0 Å². The van der Waals surface area contributed by atoms with Crippen molar-refractivity contribution in [1.82, 2.24) is 0 Å². The number of furan rings is 1. The molecule has 0 saturated heterocycles. The van der Waals surface area contributed by atoms with Gasteiger partial charge in [0.1, 0.15) is 5.97 Å². The summed E-state index contributed by atoms with van der Waals surface area (Å²) < 4.78 is 4.28. The molecule has 0 N–H and O–H groups in total. The minimum absolute atomic E-state index is 0. The Kier molecular flexibility index (Phi) is 4.64. The predicted molar refractivity (Wildman–Crippen MR) is 29.7 cm³/mol. The number of carbonyl (C=O) groups is 1. The van der Waals surface area contributed by atoms with Gasteiger partial charge in [-0.1, -0.05) is 0 Å². The van der Waals surface area contributed by atoms with Gasteiger partial charge >= 0.3 is 57.1 Å². The third kappa shape index (κ3) is 2.39. The molecule has 0 amide bonds. The summed E-state index contributed by atoms with van der Waals surface area (Å²) in [6.45, 7) is 0. The fraction of sp³-hybridized carbons (Fsp3) is 0. The predicted octanol–water partition coefficient (Wildman–Crippen LogP) is -3.44. The zero-order valence-electron chi connectivity index (χ0n) is 6.14. The monoisotopic (exact) mass is 195 g/mol. The van der Waals surface area contributed by atoms with Gasteiger partial charge in [-0.3, -0.25) is 10.1 Å². The average molecular weight is 195 g/mol. The standard InChI is InChI=1S/C5H3NO5.K/c7-5(8)4-3(6(9)10)1-2-11-4;/h1-2H,(H,7,8);/q;+1/p-1. The van der Waals surface area contributed by atoms with Crippen molar-refractivity contribution in [2.45, 2.75) is 0 Å². The summed E-state index contributed by atoms with van der Waals surface area (Å²) in [5.74, 6) is -2.45. The Labute approximate surface area is 109 Å². The van der Waals surface area contributed by atoms with Crippen molar-refractivity contribution in [3.05, 3.63) is 28.2 Å². The molecule has 0 aliphatic heterocycles. The zero-order chi connectivity index (χ0) is 8.43. The van der Waals surface area contributed by atoms with Gasteiger partial charge in [0.25, 0.3) is 0 Å². The topological polar surface area (TPSA) is 96.4 Å². The Morgan fingerprint density at radius 3 is 2.50 bits per heavy atom. The van der Waals surface area contributed by atoms with Gasteiger partial charge in [-0.25, -0.2) is 0 Å². The van der Waals surface area contributed by atoms with Gasteiger partial charge in [0.2, 0.25) is 5.76 Å². The molecule has 0 atom stereocenters. The van der Waals surface area contributed by atoms with Crippen LogP contribution in [-0.4, -0.2) is 10.9 Å². The van der Waals surface area contributed by atoms with E-state index in [9.17, 15) is 20.0 Å². The molecule has 58 valence electrons. The second-order valence-corrected chi connectivity index (χ2v) is 1.68. The van der Waals surface area contributed by atoms with Crippen molar-refractivity contribution < 1.29 is 70.6 Å². The molecule has 6 nitrogen and oxygen atoms in total. The van der Waals surface area contributed by atoms with E-state index in [0.29, 0.717) is 0 Å². The largest absolute Gasteiger partial charge is 1.00 e. The molecule has 0 fully saturated rings. The maximum absolute atomic E-state index is 10.1. The maximum Gasteiger partial charge on any atom is 1.00 e. The normalized spacial score (nSPS) is 8.67. The van der Waals surface area contributed by atoms with Crippen LogP contribution in [0.4, 0.5) is 5.69 Å². The Balaban J connectivity index is 0.00000121. The number of rotatable bonds is 2. The summed E-state index contributed by atoms with van der Waals surface area (Å²) in [7, 11) is 0. The van der Waals surface area contributed by atoms with Crippen molar-refractivity contribution in [3.63, 3.8) is 0 Å². The molecule has 12 heavy (non-hydrogen) atoms. The van der Waals surface area contributed by atoms with Crippen molar-refractivity contribution >= 4 is 11.7 Å². The fourth-order valence-corrected chi connectivity index (χ4v) is 0.599. The van der Waals surface area contributed by atoms with Crippen molar-refractivity contribution in [2.75, 3.05) is 0 Å². The smallest absolute Gasteiger partial charge is 0.541 e. The van der Waals surface area contributed by atoms with Crippen LogP contribution in [-0.2, 0) is 0 Å². The second-order valence-electron chi connectivity index (χ2n) is 1.68. The molecule has 1 aromatic heterocycles. The molecule has 0 radical (unpaired) electrons. The fourth-order valence-electron chi connectivity index (χ4n) is 0.599. The Morgan fingerprint density at radius 1 is 1.58 bits per heavy atom. The summed E-state index contributed by atoms with van der Waals surface area (Å²) in [6, 6.07) is 0.950. The summed E-state index contributed by atoms with van der Waals surface area (Å²) in [4.78, 5) is 19.3. The van der Waals surface area contributed by atoms with E-state index < -0.39 is 22.3 Å². The Bertz CT molecular complexity index is 278. The number of nitrogens with zero attached hydrogens (tertiary/aromatic N) is 1. The van der Waals surface area contributed by atoms with Gasteiger partial charge in [-0.2, -0.15) is 0 Å². The minimum Gasteiger partial charge on any atom is -0.541 e. The van der Waals surface area contributed by atoms with E-state index >= 15 is 0 Å². The van der Waals surface area contributed by atoms with Crippen molar-refractivity contribution in [1.29, 1.82) is 0 Å². The first-order valence-corrected chi connectivity index (χ1v) is 2.56. The maximum atomic E-state index is 10.1. The molecule has 1 heterocycles.